The number of rotatable bonds is 5. The molecule has 0 heterocycles. The Labute approximate surface area is 99.1 Å². The number of alkyl halides is 1. The molecule has 1 aliphatic rings. The van der Waals surface area contributed by atoms with E-state index in [0.717, 1.165) is 12.8 Å². The van der Waals surface area contributed by atoms with Gasteiger partial charge in [-0.05, 0) is 19.8 Å². The summed E-state index contributed by atoms with van der Waals surface area (Å²) in [7, 11) is 0. The lowest BCUT2D eigenvalue weighted by Crippen LogP contribution is -2.41. The van der Waals surface area contributed by atoms with Crippen LogP contribution in [0.15, 0.2) is 0 Å². The summed E-state index contributed by atoms with van der Waals surface area (Å²) in [6, 6.07) is 2.17. The lowest BCUT2D eigenvalue weighted by molar-refractivity contribution is -0.125. The molecule has 1 fully saturated rings. The number of amides is 2. The molecule has 0 aromatic carbocycles. The van der Waals surface area contributed by atoms with Crippen molar-refractivity contribution in [3.63, 3.8) is 0 Å². The van der Waals surface area contributed by atoms with E-state index in [1.165, 1.54) is 6.92 Å². The Hall–Kier alpha value is -1.28. The number of nitriles is 1. The molecule has 0 bridgehead atoms. The van der Waals surface area contributed by atoms with Crippen molar-refractivity contribution >= 4 is 23.4 Å². The van der Waals surface area contributed by atoms with Crippen molar-refractivity contribution in [1.29, 1.82) is 5.26 Å². The van der Waals surface area contributed by atoms with Crippen LogP contribution in [0.5, 0.6) is 0 Å². The molecule has 88 valence electrons. The van der Waals surface area contributed by atoms with Gasteiger partial charge in [-0.2, -0.15) is 5.26 Å². The Kier molecular flexibility index (Phi) is 4.13. The maximum Gasteiger partial charge on any atom is 0.239 e. The second-order valence-corrected chi connectivity index (χ2v) is 4.66. The second kappa shape index (κ2) is 5.17. The van der Waals surface area contributed by atoms with Crippen molar-refractivity contribution in [3.8, 4) is 6.07 Å². The highest BCUT2D eigenvalue weighted by atomic mass is 35.5. The Morgan fingerprint density at radius 2 is 2.12 bits per heavy atom. The second-order valence-electron chi connectivity index (χ2n) is 4.00. The van der Waals surface area contributed by atoms with Gasteiger partial charge in [-0.25, -0.2) is 0 Å². The van der Waals surface area contributed by atoms with Gasteiger partial charge in [0.25, 0.3) is 0 Å². The predicted octanol–water partition coefficient (Wildman–Crippen LogP) is 0.150. The van der Waals surface area contributed by atoms with Crippen LogP contribution in [0.25, 0.3) is 0 Å². The molecule has 2 amide bonds. The summed E-state index contributed by atoms with van der Waals surface area (Å²) in [5.74, 6) is -0.676. The zero-order valence-corrected chi connectivity index (χ0v) is 9.80. The minimum atomic E-state index is -0.651. The molecule has 1 aliphatic carbocycles. The van der Waals surface area contributed by atoms with Crippen molar-refractivity contribution < 1.29 is 9.59 Å². The van der Waals surface area contributed by atoms with Gasteiger partial charge in [0, 0.05) is 6.54 Å². The minimum absolute atomic E-state index is 0.0998. The van der Waals surface area contributed by atoms with Gasteiger partial charge in [0.05, 0.1) is 18.0 Å². The van der Waals surface area contributed by atoms with Gasteiger partial charge in [-0.1, -0.05) is 0 Å². The molecule has 6 heteroatoms. The van der Waals surface area contributed by atoms with Crippen molar-refractivity contribution in [2.45, 2.75) is 25.1 Å². The molecule has 0 spiro atoms. The van der Waals surface area contributed by atoms with Gasteiger partial charge in [-0.3, -0.25) is 9.59 Å². The molecule has 1 unspecified atom stereocenters. The monoisotopic (exact) mass is 243 g/mol. The van der Waals surface area contributed by atoms with Crippen LogP contribution in [-0.2, 0) is 9.59 Å². The Bertz CT molecular complexity index is 331. The standard InChI is InChI=1S/C10H14ClN3O2/c1-7(11)9(16)13-4-8(15)14-6-10(5-12)2-3-10/h7H,2-4,6H2,1H3,(H,13,16)(H,14,15). The smallest absolute Gasteiger partial charge is 0.239 e. The van der Waals surface area contributed by atoms with E-state index in [9.17, 15) is 9.59 Å². The van der Waals surface area contributed by atoms with E-state index < -0.39 is 5.38 Å². The average Bonchev–Trinajstić information content (AvgIpc) is 3.03. The molecular weight excluding hydrogens is 230 g/mol. The van der Waals surface area contributed by atoms with Crippen LogP contribution in [0.3, 0.4) is 0 Å². The Morgan fingerprint density at radius 3 is 2.56 bits per heavy atom. The Morgan fingerprint density at radius 1 is 1.50 bits per heavy atom. The van der Waals surface area contributed by atoms with Gasteiger partial charge in [-0.15, -0.1) is 11.6 Å². The molecule has 0 saturated heterocycles. The number of carbonyl (C=O) groups excluding carboxylic acids is 2. The van der Waals surface area contributed by atoms with E-state index in [4.69, 9.17) is 16.9 Å². The van der Waals surface area contributed by atoms with E-state index in [2.05, 4.69) is 16.7 Å². The van der Waals surface area contributed by atoms with Gasteiger partial charge in [0.2, 0.25) is 11.8 Å². The molecule has 16 heavy (non-hydrogen) atoms. The average molecular weight is 244 g/mol. The lowest BCUT2D eigenvalue weighted by atomic mass is 10.1. The fourth-order valence-corrected chi connectivity index (χ4v) is 1.19. The van der Waals surface area contributed by atoms with Crippen molar-refractivity contribution in [2.24, 2.45) is 5.41 Å². The molecule has 0 aliphatic heterocycles. The number of carbonyl (C=O) groups is 2. The van der Waals surface area contributed by atoms with E-state index in [1.54, 1.807) is 0 Å². The van der Waals surface area contributed by atoms with Crippen LogP contribution in [0.1, 0.15) is 19.8 Å². The molecule has 1 atom stereocenters. The maximum absolute atomic E-state index is 11.3. The molecule has 0 aromatic heterocycles. The van der Waals surface area contributed by atoms with Gasteiger partial charge in [0.1, 0.15) is 5.38 Å². The first kappa shape index (κ1) is 12.8. The summed E-state index contributed by atoms with van der Waals surface area (Å²) >= 11 is 5.51. The van der Waals surface area contributed by atoms with Crippen molar-refractivity contribution in [2.75, 3.05) is 13.1 Å². The lowest BCUT2D eigenvalue weighted by Gasteiger charge is -2.09. The first-order valence-electron chi connectivity index (χ1n) is 5.09. The van der Waals surface area contributed by atoms with Crippen LogP contribution in [0, 0.1) is 16.7 Å². The first-order valence-corrected chi connectivity index (χ1v) is 5.52. The van der Waals surface area contributed by atoms with Crippen LogP contribution < -0.4 is 10.6 Å². The third-order valence-corrected chi connectivity index (χ3v) is 2.70. The Balaban J connectivity index is 2.17. The largest absolute Gasteiger partial charge is 0.353 e. The fourth-order valence-electron chi connectivity index (χ4n) is 1.12. The summed E-state index contributed by atoms with van der Waals surface area (Å²) < 4.78 is 0. The van der Waals surface area contributed by atoms with Crippen LogP contribution in [0.4, 0.5) is 0 Å². The van der Waals surface area contributed by atoms with E-state index in [-0.39, 0.29) is 23.8 Å². The number of nitrogens with zero attached hydrogens (tertiary/aromatic N) is 1. The molecule has 5 nitrogen and oxygen atoms in total. The third-order valence-electron chi connectivity index (χ3n) is 2.50. The van der Waals surface area contributed by atoms with Crippen LogP contribution in [0.2, 0.25) is 0 Å². The molecular formula is C10H14ClN3O2. The van der Waals surface area contributed by atoms with E-state index >= 15 is 0 Å². The SMILES string of the molecule is CC(Cl)C(=O)NCC(=O)NCC1(C#N)CC1. The molecule has 1 rings (SSSR count). The molecule has 2 N–H and O–H groups in total. The summed E-state index contributed by atoms with van der Waals surface area (Å²) in [5.41, 5.74) is -0.362. The van der Waals surface area contributed by atoms with Crippen LogP contribution in [-0.4, -0.2) is 30.3 Å². The van der Waals surface area contributed by atoms with Crippen molar-refractivity contribution in [1.82, 2.24) is 10.6 Å². The summed E-state index contributed by atoms with van der Waals surface area (Å²) in [4.78, 5) is 22.3. The fraction of sp³-hybridized carbons (Fsp3) is 0.700. The predicted molar refractivity (Wildman–Crippen MR) is 58.6 cm³/mol. The molecule has 0 aromatic rings. The van der Waals surface area contributed by atoms with Crippen molar-refractivity contribution in [3.05, 3.63) is 0 Å². The van der Waals surface area contributed by atoms with Gasteiger partial charge in [0.15, 0.2) is 0 Å². The minimum Gasteiger partial charge on any atom is -0.353 e. The van der Waals surface area contributed by atoms with Gasteiger partial charge >= 0.3 is 0 Å². The summed E-state index contributed by atoms with van der Waals surface area (Å²) in [6.07, 6.45) is 1.66. The zero-order valence-electron chi connectivity index (χ0n) is 9.05. The normalized spacial score (nSPS) is 18.1. The topological polar surface area (TPSA) is 82.0 Å². The molecule has 0 radical (unpaired) electrons. The highest BCUT2D eigenvalue weighted by molar-refractivity contribution is 6.30. The highest BCUT2D eigenvalue weighted by Gasteiger charge is 2.43. The van der Waals surface area contributed by atoms with E-state index in [0.29, 0.717) is 6.54 Å². The highest BCUT2D eigenvalue weighted by Crippen LogP contribution is 2.43. The van der Waals surface area contributed by atoms with Gasteiger partial charge < -0.3 is 10.6 Å². The summed E-state index contributed by atoms with van der Waals surface area (Å²) in [6.45, 7) is 1.79. The quantitative estimate of drug-likeness (QED) is 0.675. The first-order chi connectivity index (χ1) is 7.49. The number of nitrogens with one attached hydrogen (secondary N) is 2. The third kappa shape index (κ3) is 3.70. The maximum atomic E-state index is 11.3. The van der Waals surface area contributed by atoms with E-state index in [1.807, 2.05) is 0 Å². The number of hydrogen-bond donors (Lipinski definition) is 2. The van der Waals surface area contributed by atoms with Crippen LogP contribution >= 0.6 is 11.6 Å². The molecule has 1 saturated carbocycles. The summed E-state index contributed by atoms with van der Waals surface area (Å²) in [5, 5.41) is 13.1. The zero-order chi connectivity index (χ0) is 12.2. The number of halogens is 1. The number of hydrogen-bond acceptors (Lipinski definition) is 3.